The van der Waals surface area contributed by atoms with Gasteiger partial charge in [0.15, 0.2) is 0 Å². The molecule has 0 aliphatic carbocycles. The maximum atomic E-state index is 13.0. The molecular weight excluding hydrogens is 310 g/mol. The van der Waals surface area contributed by atoms with Crippen LogP contribution in [0.5, 0.6) is 5.75 Å². The van der Waals surface area contributed by atoms with Crippen LogP contribution in [-0.4, -0.2) is 40.7 Å². The number of sulfonamides is 1. The van der Waals surface area contributed by atoms with E-state index in [1.54, 1.807) is 19.2 Å². The Bertz CT molecular complexity index is 802. The molecule has 0 amide bonds. The van der Waals surface area contributed by atoms with Crippen molar-refractivity contribution < 1.29 is 13.5 Å². The van der Waals surface area contributed by atoms with Gasteiger partial charge < -0.3 is 5.11 Å². The number of anilines is 1. The fourth-order valence-electron chi connectivity index (χ4n) is 2.34. The lowest BCUT2D eigenvalue weighted by molar-refractivity contribution is 0.483. The number of nitrogens with zero attached hydrogens (tertiary/aromatic N) is 2. The number of aryl methyl sites for hydroxylation is 1. The summed E-state index contributed by atoms with van der Waals surface area (Å²) in [7, 11) is 7.38. The van der Waals surface area contributed by atoms with Gasteiger partial charge in [-0.2, -0.15) is 0 Å². The van der Waals surface area contributed by atoms with Crippen LogP contribution in [0.4, 0.5) is 5.69 Å². The summed E-state index contributed by atoms with van der Waals surface area (Å²) in [6.07, 6.45) is 3.82. The van der Waals surface area contributed by atoms with E-state index in [0.717, 1.165) is 5.56 Å². The van der Waals surface area contributed by atoms with E-state index in [2.05, 4.69) is 4.98 Å². The Hall–Kier alpha value is -1.95. The molecule has 8 heteroatoms. The summed E-state index contributed by atoms with van der Waals surface area (Å²) in [5.41, 5.74) is 1.22. The van der Waals surface area contributed by atoms with E-state index < -0.39 is 10.0 Å². The molecule has 0 saturated carbocycles. The Morgan fingerprint density at radius 1 is 1.22 bits per heavy atom. The van der Waals surface area contributed by atoms with Crippen molar-refractivity contribution in [2.24, 2.45) is 0 Å². The average molecular weight is 326 g/mol. The molecule has 0 saturated heterocycles. The van der Waals surface area contributed by atoms with Crippen LogP contribution in [0.2, 0.25) is 0 Å². The maximum absolute atomic E-state index is 13.0. The van der Waals surface area contributed by atoms with E-state index in [9.17, 15) is 13.5 Å². The second-order valence-corrected chi connectivity index (χ2v) is 6.84. The number of phenols is 1. The van der Waals surface area contributed by atoms with Gasteiger partial charge in [0.05, 0.1) is 16.8 Å². The number of benzene rings is 1. The van der Waals surface area contributed by atoms with Crippen LogP contribution < -0.4 is 15.2 Å². The third-order valence-corrected chi connectivity index (χ3v) is 5.42. The van der Waals surface area contributed by atoms with Gasteiger partial charge in [-0.1, -0.05) is 17.8 Å². The molecule has 0 spiro atoms. The summed E-state index contributed by atoms with van der Waals surface area (Å²) < 4.78 is 27.2. The van der Waals surface area contributed by atoms with E-state index in [-0.39, 0.29) is 28.1 Å². The highest BCUT2D eigenvalue weighted by atomic mass is 32.2. The summed E-state index contributed by atoms with van der Waals surface area (Å²) >= 11 is 0. The van der Waals surface area contributed by atoms with Gasteiger partial charge in [-0.05, 0) is 37.1 Å². The molecule has 0 aliphatic rings. The molecule has 0 fully saturated rings. The molecule has 2 aromatic rings. The van der Waals surface area contributed by atoms with Crippen LogP contribution in [0, 0.1) is 0 Å². The number of aromatic hydroxyl groups is 1. The Balaban J connectivity index is 2.60. The molecule has 0 atom stereocenters. The number of hydrogen-bond donors (Lipinski definition) is 1. The highest BCUT2D eigenvalue weighted by Gasteiger charge is 2.26. The zero-order valence-corrected chi connectivity index (χ0v) is 13.8. The van der Waals surface area contributed by atoms with Crippen molar-refractivity contribution in [1.29, 1.82) is 0 Å². The number of phenolic OH excluding ortho intramolecular Hbond substituents is 1. The van der Waals surface area contributed by atoms with Crippen molar-refractivity contribution in [3.05, 3.63) is 36.2 Å². The highest BCUT2D eigenvalue weighted by Crippen LogP contribution is 2.26. The fraction of sp³-hybridized carbons (Fsp3) is 0.267. The first-order valence-corrected chi connectivity index (χ1v) is 8.60. The maximum Gasteiger partial charge on any atom is 0.264 e. The van der Waals surface area contributed by atoms with Gasteiger partial charge in [-0.15, -0.1) is 0 Å². The van der Waals surface area contributed by atoms with Gasteiger partial charge in [-0.25, -0.2) is 8.42 Å². The van der Waals surface area contributed by atoms with Gasteiger partial charge in [-0.3, -0.25) is 9.29 Å². The van der Waals surface area contributed by atoms with Gasteiger partial charge in [0.1, 0.15) is 21.4 Å². The summed E-state index contributed by atoms with van der Waals surface area (Å²) in [4.78, 5) is 3.95. The second kappa shape index (κ2) is 6.66. The Morgan fingerprint density at radius 3 is 2.35 bits per heavy atom. The molecule has 0 aliphatic heterocycles. The fourth-order valence-corrected chi connectivity index (χ4v) is 3.91. The first-order chi connectivity index (χ1) is 10.8. The lowest BCUT2D eigenvalue weighted by atomic mass is 9.86. The van der Waals surface area contributed by atoms with Gasteiger partial charge in [0, 0.05) is 12.7 Å². The lowest BCUT2D eigenvalue weighted by Crippen LogP contribution is -2.33. The molecule has 0 bridgehead atoms. The number of pyridine rings is 1. The van der Waals surface area contributed by atoms with Crippen LogP contribution in [0.15, 0.2) is 35.5 Å². The van der Waals surface area contributed by atoms with Gasteiger partial charge in [0.25, 0.3) is 10.0 Å². The number of rotatable bonds is 5. The monoisotopic (exact) mass is 326 g/mol. The quantitative estimate of drug-likeness (QED) is 0.795. The van der Waals surface area contributed by atoms with E-state index >= 15 is 0 Å². The lowest BCUT2D eigenvalue weighted by Gasteiger charge is -2.25. The van der Waals surface area contributed by atoms with E-state index in [1.807, 2.05) is 6.92 Å². The summed E-state index contributed by atoms with van der Waals surface area (Å²) in [5.74, 6) is -0.317. The third-order valence-electron chi connectivity index (χ3n) is 3.55. The van der Waals surface area contributed by atoms with Crippen molar-refractivity contribution in [1.82, 2.24) is 4.98 Å². The summed E-state index contributed by atoms with van der Waals surface area (Å²) in [5, 5.41) is 9.62. The Labute approximate surface area is 139 Å². The molecule has 2 rings (SSSR count). The first-order valence-electron chi connectivity index (χ1n) is 7.16. The molecule has 23 heavy (non-hydrogen) atoms. The van der Waals surface area contributed by atoms with E-state index in [0.29, 0.717) is 12.1 Å². The first kappa shape index (κ1) is 17.4. The van der Waals surface area contributed by atoms with Crippen LogP contribution in [0.3, 0.4) is 0 Å². The zero-order valence-electron chi connectivity index (χ0n) is 13.0. The molecule has 116 valence electrons. The predicted molar refractivity (Wildman–Crippen MR) is 92.7 cm³/mol. The number of aromatic nitrogens is 1. The number of hydrogen-bond acceptors (Lipinski definition) is 4. The van der Waals surface area contributed by atoms with E-state index in [4.69, 9.17) is 15.7 Å². The molecule has 1 aromatic heterocycles. The SMILES string of the molecule is [B]c1cc(S(=O)(=O)N(CC)c2cnccc2CC)cc([B])c1O. The Morgan fingerprint density at radius 2 is 1.83 bits per heavy atom. The van der Waals surface area contributed by atoms with Crippen LogP contribution in [0.1, 0.15) is 19.4 Å². The minimum Gasteiger partial charge on any atom is -0.509 e. The molecule has 4 radical (unpaired) electrons. The minimum atomic E-state index is -3.88. The van der Waals surface area contributed by atoms with Crippen LogP contribution in [0.25, 0.3) is 0 Å². The Kier molecular flexibility index (Phi) is 5.04. The largest absolute Gasteiger partial charge is 0.509 e. The van der Waals surface area contributed by atoms with Crippen molar-refractivity contribution >= 4 is 42.3 Å². The molecule has 1 N–H and O–H groups in total. The topological polar surface area (TPSA) is 70.5 Å². The summed E-state index contributed by atoms with van der Waals surface area (Å²) in [6.45, 7) is 3.90. The third kappa shape index (κ3) is 3.22. The molecular formula is C15H16B2N2O3S. The molecule has 5 nitrogen and oxygen atoms in total. The minimum absolute atomic E-state index is 0.0712. The van der Waals surface area contributed by atoms with Crippen molar-refractivity contribution in [2.45, 2.75) is 25.2 Å². The normalized spacial score (nSPS) is 11.4. The molecule has 1 heterocycles. The van der Waals surface area contributed by atoms with Crippen LogP contribution in [-0.2, 0) is 16.4 Å². The van der Waals surface area contributed by atoms with Crippen molar-refractivity contribution in [2.75, 3.05) is 10.8 Å². The smallest absolute Gasteiger partial charge is 0.264 e. The second-order valence-electron chi connectivity index (χ2n) is 4.98. The standard InChI is InChI=1S/C15H16B2N2O3S/c1-3-10-5-6-18-9-14(10)19(4-2)23(21,22)11-7-12(16)15(20)13(17)8-11/h5-9,20H,3-4H2,1-2H3. The van der Waals surface area contributed by atoms with Gasteiger partial charge in [0.2, 0.25) is 0 Å². The van der Waals surface area contributed by atoms with Crippen LogP contribution >= 0.6 is 0 Å². The van der Waals surface area contributed by atoms with Crippen molar-refractivity contribution in [3.63, 3.8) is 0 Å². The zero-order chi connectivity index (χ0) is 17.2. The average Bonchev–Trinajstić information content (AvgIpc) is 2.53. The summed E-state index contributed by atoms with van der Waals surface area (Å²) in [6, 6.07) is 4.18. The van der Waals surface area contributed by atoms with Gasteiger partial charge >= 0.3 is 0 Å². The molecule has 1 aromatic carbocycles. The predicted octanol–water partition coefficient (Wildman–Crippen LogP) is 0.152. The van der Waals surface area contributed by atoms with E-state index in [1.165, 1.54) is 22.6 Å². The highest BCUT2D eigenvalue weighted by molar-refractivity contribution is 7.92. The van der Waals surface area contributed by atoms with Crippen molar-refractivity contribution in [3.8, 4) is 5.75 Å². The molecule has 0 unspecified atom stereocenters.